The van der Waals surface area contributed by atoms with E-state index in [0.29, 0.717) is 6.61 Å². The van der Waals surface area contributed by atoms with E-state index < -0.39 is 8.07 Å². The van der Waals surface area contributed by atoms with Crippen molar-refractivity contribution in [1.29, 1.82) is 0 Å². The number of rotatable bonds is 10. The molecule has 0 aliphatic rings. The predicted octanol–water partition coefficient (Wildman–Crippen LogP) is 5.12. The first-order valence-electron chi connectivity index (χ1n) is 7.23. The Morgan fingerprint density at radius 1 is 0.900 bits per heavy atom. The van der Waals surface area contributed by atoms with Crippen LogP contribution in [0.15, 0.2) is 36.5 Å². The number of ether oxygens (including phenoxy) is 1. The molecular formula is C17H30O2Si. The van der Waals surface area contributed by atoms with E-state index in [1.165, 1.54) is 23.6 Å². The summed E-state index contributed by atoms with van der Waals surface area (Å²) in [5.74, 6) is -0.197. The molecule has 0 amide bonds. The molecule has 0 aromatic heterocycles. The van der Waals surface area contributed by atoms with Gasteiger partial charge in [-0.2, -0.15) is 0 Å². The highest BCUT2D eigenvalue weighted by Gasteiger charge is 2.32. The van der Waals surface area contributed by atoms with Gasteiger partial charge in [-0.3, -0.25) is 4.79 Å². The molecular weight excluding hydrogens is 264 g/mol. The number of hydrogen-bond acceptors (Lipinski definition) is 2. The standard InChI is InChI=1S/C17H30O2Si/c1-14(2)11-20(12-15(3)4,13-16(5)6)10-8-9-19-17(7)18/h1,3,5,8-13H2,2,4,6-7H3. The van der Waals surface area contributed by atoms with Gasteiger partial charge in [0.05, 0.1) is 14.7 Å². The van der Waals surface area contributed by atoms with Crippen LogP contribution in [-0.2, 0) is 9.53 Å². The summed E-state index contributed by atoms with van der Waals surface area (Å²) < 4.78 is 5.07. The Hall–Kier alpha value is -1.09. The third kappa shape index (κ3) is 8.91. The van der Waals surface area contributed by atoms with Gasteiger partial charge in [0, 0.05) is 6.92 Å². The van der Waals surface area contributed by atoms with Crippen LogP contribution in [0.5, 0.6) is 0 Å². The highest BCUT2D eigenvalue weighted by Crippen LogP contribution is 2.35. The Morgan fingerprint density at radius 2 is 1.30 bits per heavy atom. The number of allylic oxidation sites excluding steroid dienone is 3. The van der Waals surface area contributed by atoms with Gasteiger partial charge in [0.15, 0.2) is 0 Å². The monoisotopic (exact) mass is 294 g/mol. The van der Waals surface area contributed by atoms with E-state index in [1.807, 2.05) is 0 Å². The van der Waals surface area contributed by atoms with Gasteiger partial charge in [-0.25, -0.2) is 0 Å². The Morgan fingerprint density at radius 3 is 1.60 bits per heavy atom. The molecule has 0 saturated carbocycles. The zero-order valence-electron chi connectivity index (χ0n) is 13.7. The fourth-order valence-electron chi connectivity index (χ4n) is 3.04. The summed E-state index contributed by atoms with van der Waals surface area (Å²) >= 11 is 0. The lowest BCUT2D eigenvalue weighted by Gasteiger charge is -2.33. The lowest BCUT2D eigenvalue weighted by Crippen LogP contribution is -2.35. The van der Waals surface area contributed by atoms with Crippen molar-refractivity contribution in [2.45, 2.75) is 58.3 Å². The second kappa shape index (κ2) is 8.96. The maximum atomic E-state index is 10.8. The lowest BCUT2D eigenvalue weighted by atomic mass is 10.4. The summed E-state index contributed by atoms with van der Waals surface area (Å²) in [5.41, 5.74) is 3.73. The highest BCUT2D eigenvalue weighted by molar-refractivity contribution is 6.81. The van der Waals surface area contributed by atoms with Gasteiger partial charge in [-0.05, 0) is 45.3 Å². The fourth-order valence-corrected chi connectivity index (χ4v) is 8.68. The Bertz CT molecular complexity index is 342. The summed E-state index contributed by atoms with van der Waals surface area (Å²) in [6, 6.07) is 4.44. The van der Waals surface area contributed by atoms with Crippen molar-refractivity contribution < 1.29 is 9.53 Å². The zero-order valence-corrected chi connectivity index (χ0v) is 14.7. The van der Waals surface area contributed by atoms with Crippen LogP contribution in [0.3, 0.4) is 0 Å². The van der Waals surface area contributed by atoms with Crippen LogP contribution in [0.4, 0.5) is 0 Å². The second-order valence-corrected chi connectivity index (χ2v) is 10.9. The Labute approximate surface area is 125 Å². The van der Waals surface area contributed by atoms with Crippen molar-refractivity contribution in [1.82, 2.24) is 0 Å². The molecule has 0 rings (SSSR count). The quantitative estimate of drug-likeness (QED) is 0.242. The molecule has 3 heteroatoms. The maximum Gasteiger partial charge on any atom is 0.302 e. The van der Waals surface area contributed by atoms with Crippen molar-refractivity contribution in [3.63, 3.8) is 0 Å². The molecule has 0 aliphatic heterocycles. The number of esters is 1. The fraction of sp³-hybridized carbons (Fsp3) is 0.588. The summed E-state index contributed by atoms with van der Waals surface area (Å²) in [6.45, 7) is 20.6. The van der Waals surface area contributed by atoms with Crippen molar-refractivity contribution in [3.8, 4) is 0 Å². The van der Waals surface area contributed by atoms with Crippen molar-refractivity contribution >= 4 is 14.0 Å². The first kappa shape index (κ1) is 18.9. The van der Waals surface area contributed by atoms with Crippen LogP contribution >= 0.6 is 0 Å². The summed E-state index contributed by atoms with van der Waals surface area (Å²) in [6.07, 6.45) is 0.930. The molecule has 0 bridgehead atoms. The molecule has 0 unspecified atom stereocenters. The minimum absolute atomic E-state index is 0.197. The van der Waals surface area contributed by atoms with Crippen LogP contribution in [0.2, 0.25) is 24.2 Å². The molecule has 0 fully saturated rings. The lowest BCUT2D eigenvalue weighted by molar-refractivity contribution is -0.140. The molecule has 0 radical (unpaired) electrons. The van der Waals surface area contributed by atoms with Crippen molar-refractivity contribution in [2.24, 2.45) is 0 Å². The van der Waals surface area contributed by atoms with Gasteiger partial charge in [0.25, 0.3) is 0 Å². The summed E-state index contributed by atoms with van der Waals surface area (Å²) in [4.78, 5) is 10.8. The number of carbonyl (C=O) groups is 1. The first-order valence-corrected chi connectivity index (χ1v) is 10.1. The minimum Gasteiger partial charge on any atom is -0.466 e. The Kier molecular flexibility index (Phi) is 8.47. The van der Waals surface area contributed by atoms with Gasteiger partial charge in [0.2, 0.25) is 0 Å². The summed E-state index contributed by atoms with van der Waals surface area (Å²) in [7, 11) is -1.55. The molecule has 0 heterocycles. The van der Waals surface area contributed by atoms with Crippen LogP contribution in [0.1, 0.15) is 34.1 Å². The highest BCUT2D eigenvalue weighted by atomic mass is 28.3. The van der Waals surface area contributed by atoms with Gasteiger partial charge in [-0.15, -0.1) is 19.7 Å². The van der Waals surface area contributed by atoms with Crippen molar-refractivity contribution in [3.05, 3.63) is 36.5 Å². The van der Waals surface area contributed by atoms with Gasteiger partial charge < -0.3 is 4.74 Å². The van der Waals surface area contributed by atoms with Crippen molar-refractivity contribution in [2.75, 3.05) is 6.61 Å². The molecule has 0 aromatic rings. The normalized spacial score (nSPS) is 11.0. The first-order chi connectivity index (χ1) is 9.17. The average Bonchev–Trinajstić information content (AvgIpc) is 2.20. The Balaban J connectivity index is 4.85. The van der Waals surface area contributed by atoms with Gasteiger partial charge >= 0.3 is 5.97 Å². The topological polar surface area (TPSA) is 26.3 Å². The second-order valence-electron chi connectivity index (χ2n) is 6.35. The molecule has 2 nitrogen and oxygen atoms in total. The molecule has 114 valence electrons. The van der Waals surface area contributed by atoms with E-state index in [-0.39, 0.29) is 5.97 Å². The van der Waals surface area contributed by atoms with Crippen LogP contribution < -0.4 is 0 Å². The summed E-state index contributed by atoms with van der Waals surface area (Å²) in [5, 5.41) is 0. The molecule has 0 aromatic carbocycles. The molecule has 0 aliphatic carbocycles. The zero-order chi connectivity index (χ0) is 15.8. The van der Waals surface area contributed by atoms with E-state index in [9.17, 15) is 4.79 Å². The number of hydrogen-bond donors (Lipinski definition) is 0. The SMILES string of the molecule is C=C(C)C[Si](CCCOC(C)=O)(CC(=C)C)CC(=C)C. The van der Waals surface area contributed by atoms with E-state index in [4.69, 9.17) is 4.74 Å². The smallest absolute Gasteiger partial charge is 0.302 e. The van der Waals surface area contributed by atoms with E-state index in [0.717, 1.165) is 30.6 Å². The van der Waals surface area contributed by atoms with Crippen LogP contribution in [-0.4, -0.2) is 20.7 Å². The van der Waals surface area contributed by atoms with Gasteiger partial charge in [-0.1, -0.05) is 22.8 Å². The minimum atomic E-state index is -1.55. The third-order valence-corrected chi connectivity index (χ3v) is 8.66. The van der Waals surface area contributed by atoms with E-state index in [1.54, 1.807) is 0 Å². The molecule has 0 saturated heterocycles. The third-order valence-electron chi connectivity index (χ3n) is 3.19. The number of carbonyl (C=O) groups excluding carboxylic acids is 1. The van der Waals surface area contributed by atoms with Crippen LogP contribution in [0.25, 0.3) is 0 Å². The molecule has 0 spiro atoms. The molecule has 0 N–H and O–H groups in total. The van der Waals surface area contributed by atoms with E-state index >= 15 is 0 Å². The predicted molar refractivity (Wildman–Crippen MR) is 90.7 cm³/mol. The van der Waals surface area contributed by atoms with Crippen LogP contribution in [0, 0.1) is 0 Å². The maximum absolute atomic E-state index is 10.8. The van der Waals surface area contributed by atoms with E-state index in [2.05, 4.69) is 40.5 Å². The average molecular weight is 295 g/mol. The van der Waals surface area contributed by atoms with Gasteiger partial charge in [0.1, 0.15) is 0 Å². The molecule has 0 atom stereocenters. The molecule has 20 heavy (non-hydrogen) atoms. The largest absolute Gasteiger partial charge is 0.466 e.